The summed E-state index contributed by atoms with van der Waals surface area (Å²) in [6.45, 7) is -0.959. The van der Waals surface area contributed by atoms with Crippen molar-refractivity contribution in [2.24, 2.45) is 0 Å². The Morgan fingerprint density at radius 1 is 1.24 bits per heavy atom. The van der Waals surface area contributed by atoms with Gasteiger partial charge in [0.1, 0.15) is 12.8 Å². The van der Waals surface area contributed by atoms with Crippen LogP contribution >= 0.6 is 23.2 Å². The van der Waals surface area contributed by atoms with E-state index in [1.54, 1.807) is 30.3 Å². The number of hydrogen-bond acceptors (Lipinski definition) is 3. The third-order valence-electron chi connectivity index (χ3n) is 3.91. The van der Waals surface area contributed by atoms with Gasteiger partial charge in [-0.3, -0.25) is 9.59 Å². The van der Waals surface area contributed by atoms with Crippen molar-refractivity contribution in [2.75, 3.05) is 13.7 Å². The van der Waals surface area contributed by atoms with Crippen molar-refractivity contribution in [3.05, 3.63) is 58.5 Å². The van der Waals surface area contributed by atoms with E-state index in [2.05, 4.69) is 4.98 Å². The zero-order chi connectivity index (χ0) is 18.6. The van der Waals surface area contributed by atoms with Crippen molar-refractivity contribution in [2.45, 2.75) is 17.0 Å². The predicted molar refractivity (Wildman–Crippen MR) is 95.5 cm³/mol. The van der Waals surface area contributed by atoms with Gasteiger partial charge in [-0.25, -0.2) is 4.39 Å². The molecule has 0 fully saturated rings. The van der Waals surface area contributed by atoms with Gasteiger partial charge in [0, 0.05) is 19.3 Å². The Balaban J connectivity index is 2.22. The molecule has 0 saturated heterocycles. The molecule has 2 N–H and O–H groups in total. The van der Waals surface area contributed by atoms with E-state index in [0.29, 0.717) is 11.1 Å². The first-order chi connectivity index (χ1) is 11.8. The number of aliphatic hydroxyl groups excluding tert-OH is 1. The molecule has 1 aromatic heterocycles. The second-order valence-corrected chi connectivity index (χ2v) is 6.58. The third kappa shape index (κ3) is 4.60. The Hall–Kier alpha value is -1.89. The molecule has 1 amide bonds. The first kappa shape index (κ1) is 19.4. The van der Waals surface area contributed by atoms with Crippen LogP contribution in [0.25, 0.3) is 11.1 Å². The second-order valence-electron chi connectivity index (χ2n) is 5.48. The fraction of sp³-hybridized carbons (Fsp3) is 0.294. The number of carbonyl (C=O) groups is 1. The van der Waals surface area contributed by atoms with E-state index in [0.717, 1.165) is 10.5 Å². The van der Waals surface area contributed by atoms with Crippen molar-refractivity contribution >= 4 is 29.1 Å². The number of nitrogens with zero attached hydrogens (tertiary/aromatic N) is 1. The van der Waals surface area contributed by atoms with Gasteiger partial charge in [-0.2, -0.15) is 0 Å². The zero-order valence-electron chi connectivity index (χ0n) is 13.3. The van der Waals surface area contributed by atoms with E-state index in [4.69, 9.17) is 23.2 Å². The van der Waals surface area contributed by atoms with E-state index >= 15 is 0 Å². The topological polar surface area (TPSA) is 73.4 Å². The van der Waals surface area contributed by atoms with Crippen LogP contribution in [0.5, 0.6) is 0 Å². The van der Waals surface area contributed by atoms with Gasteiger partial charge in [0.25, 0.3) is 5.91 Å². The monoisotopic (exact) mass is 386 g/mol. The number of pyridine rings is 1. The number of benzene rings is 1. The van der Waals surface area contributed by atoms with Gasteiger partial charge < -0.3 is 15.0 Å². The first-order valence-electron chi connectivity index (χ1n) is 7.43. The van der Waals surface area contributed by atoms with Gasteiger partial charge in [-0.1, -0.05) is 47.5 Å². The number of aromatic amines is 1. The Morgan fingerprint density at radius 2 is 1.88 bits per heavy atom. The second kappa shape index (κ2) is 8.47. The maximum atomic E-state index is 13.4. The van der Waals surface area contributed by atoms with E-state index in [9.17, 15) is 19.1 Å². The SMILES string of the molecule is CN(C(=O)C(Cl)Cl)C(CF)C(O)c1ccc(-c2cc[nH]c(=O)c2)cc1. The molecule has 2 rings (SSSR count). The Morgan fingerprint density at radius 3 is 2.40 bits per heavy atom. The fourth-order valence-electron chi connectivity index (χ4n) is 2.44. The van der Waals surface area contributed by atoms with Gasteiger partial charge in [-0.15, -0.1) is 0 Å². The van der Waals surface area contributed by atoms with Crippen LogP contribution in [0.3, 0.4) is 0 Å². The standard InChI is InChI=1S/C17H17Cl2FN2O3/c1-22(17(25)16(18)19)13(9-20)15(24)11-4-2-10(3-5-11)12-6-7-21-14(23)8-12/h2-8,13,15-16,24H,9H2,1H3,(H,21,23). The van der Waals surface area contributed by atoms with Gasteiger partial charge in [0.05, 0.1) is 6.04 Å². The molecule has 134 valence electrons. The van der Waals surface area contributed by atoms with Gasteiger partial charge in [0.2, 0.25) is 5.56 Å². The number of aliphatic hydroxyl groups is 1. The number of carbonyl (C=O) groups excluding carboxylic acids is 1. The van der Waals surface area contributed by atoms with Crippen LogP contribution in [0.4, 0.5) is 4.39 Å². The molecule has 0 spiro atoms. The summed E-state index contributed by atoms with van der Waals surface area (Å²) in [4.78, 5) is 25.4. The molecule has 25 heavy (non-hydrogen) atoms. The predicted octanol–water partition coefficient (Wildman–Crippen LogP) is 2.68. The van der Waals surface area contributed by atoms with Crippen molar-refractivity contribution in [1.82, 2.24) is 9.88 Å². The molecule has 2 aromatic rings. The number of aromatic nitrogens is 1. The molecule has 2 unspecified atom stereocenters. The van der Waals surface area contributed by atoms with Crippen LogP contribution in [-0.4, -0.2) is 45.5 Å². The Kier molecular flexibility index (Phi) is 6.58. The quantitative estimate of drug-likeness (QED) is 0.749. The molecule has 1 heterocycles. The summed E-state index contributed by atoms with van der Waals surface area (Å²) < 4.78 is 13.4. The molecule has 0 aliphatic rings. The lowest BCUT2D eigenvalue weighted by molar-refractivity contribution is -0.133. The van der Waals surface area contributed by atoms with E-state index < -0.39 is 29.6 Å². The number of likely N-dealkylation sites (N-methyl/N-ethyl adjacent to an activating group) is 1. The molecule has 5 nitrogen and oxygen atoms in total. The van der Waals surface area contributed by atoms with Crippen LogP contribution in [0.1, 0.15) is 11.7 Å². The minimum absolute atomic E-state index is 0.226. The van der Waals surface area contributed by atoms with E-state index in [1.165, 1.54) is 19.3 Å². The summed E-state index contributed by atoms with van der Waals surface area (Å²) in [5.41, 5.74) is 1.68. The van der Waals surface area contributed by atoms with E-state index in [1.807, 2.05) is 0 Å². The number of rotatable bonds is 6. The van der Waals surface area contributed by atoms with Crippen LogP contribution < -0.4 is 5.56 Å². The van der Waals surface area contributed by atoms with Crippen molar-refractivity contribution < 1.29 is 14.3 Å². The van der Waals surface area contributed by atoms with Crippen LogP contribution in [-0.2, 0) is 4.79 Å². The number of halogens is 3. The third-order valence-corrected chi connectivity index (χ3v) is 4.29. The van der Waals surface area contributed by atoms with Crippen molar-refractivity contribution in [1.29, 1.82) is 0 Å². The highest BCUT2D eigenvalue weighted by Crippen LogP contribution is 2.25. The number of alkyl halides is 3. The van der Waals surface area contributed by atoms with Gasteiger partial charge in [0.15, 0.2) is 4.84 Å². The maximum absolute atomic E-state index is 13.4. The smallest absolute Gasteiger partial charge is 0.256 e. The summed E-state index contributed by atoms with van der Waals surface area (Å²) in [5, 5.41) is 10.4. The molecule has 8 heteroatoms. The van der Waals surface area contributed by atoms with Crippen molar-refractivity contribution in [3.63, 3.8) is 0 Å². The molecule has 0 saturated carbocycles. The van der Waals surface area contributed by atoms with Crippen LogP contribution in [0, 0.1) is 0 Å². The first-order valence-corrected chi connectivity index (χ1v) is 8.30. The number of amides is 1. The van der Waals surface area contributed by atoms with Crippen LogP contribution in [0.2, 0.25) is 0 Å². The lowest BCUT2D eigenvalue weighted by atomic mass is 9.98. The molecule has 1 aromatic carbocycles. The molecule has 0 bridgehead atoms. The zero-order valence-corrected chi connectivity index (χ0v) is 14.8. The maximum Gasteiger partial charge on any atom is 0.256 e. The highest BCUT2D eigenvalue weighted by Gasteiger charge is 2.30. The molecular formula is C17H17Cl2FN2O3. The number of H-pyrrole nitrogens is 1. The normalized spacial score (nSPS) is 13.5. The summed E-state index contributed by atoms with van der Waals surface area (Å²) in [6, 6.07) is 8.71. The number of hydrogen-bond donors (Lipinski definition) is 2. The van der Waals surface area contributed by atoms with Gasteiger partial charge >= 0.3 is 0 Å². The van der Waals surface area contributed by atoms with Crippen molar-refractivity contribution in [3.8, 4) is 11.1 Å². The van der Waals surface area contributed by atoms with Gasteiger partial charge in [-0.05, 0) is 22.8 Å². The molecule has 0 aliphatic carbocycles. The highest BCUT2D eigenvalue weighted by atomic mass is 35.5. The summed E-state index contributed by atoms with van der Waals surface area (Å²) in [7, 11) is 1.33. The molecule has 0 aliphatic heterocycles. The Labute approximate surface area is 154 Å². The minimum Gasteiger partial charge on any atom is -0.386 e. The summed E-state index contributed by atoms with van der Waals surface area (Å²) in [6.07, 6.45) is 0.286. The fourth-order valence-corrected chi connectivity index (χ4v) is 2.74. The number of nitrogens with one attached hydrogen (secondary N) is 1. The summed E-state index contributed by atoms with van der Waals surface area (Å²) in [5.74, 6) is -0.690. The average molecular weight is 387 g/mol. The largest absolute Gasteiger partial charge is 0.386 e. The highest BCUT2D eigenvalue weighted by molar-refractivity contribution is 6.53. The average Bonchev–Trinajstić information content (AvgIpc) is 2.61. The van der Waals surface area contributed by atoms with E-state index in [-0.39, 0.29) is 5.56 Å². The molecule has 0 radical (unpaired) electrons. The molecule has 2 atom stereocenters. The Bertz CT molecular complexity index is 780. The minimum atomic E-state index is -1.33. The molecular weight excluding hydrogens is 370 g/mol. The lowest BCUT2D eigenvalue weighted by Gasteiger charge is -2.30. The van der Waals surface area contributed by atoms with Crippen LogP contribution in [0.15, 0.2) is 47.4 Å². The summed E-state index contributed by atoms with van der Waals surface area (Å²) >= 11 is 11.0. The lowest BCUT2D eigenvalue weighted by Crippen LogP contribution is -2.44.